The first-order valence-electron chi connectivity index (χ1n) is 8.65. The Morgan fingerprint density at radius 1 is 1.07 bits per heavy atom. The van der Waals surface area contributed by atoms with Crippen molar-refractivity contribution >= 4 is 32.1 Å². The van der Waals surface area contributed by atoms with Gasteiger partial charge in [0, 0.05) is 43.8 Å². The molecule has 0 amide bonds. The molecule has 2 aromatic carbocycles. The lowest BCUT2D eigenvalue weighted by Crippen LogP contribution is -2.15. The molecule has 0 unspecified atom stereocenters. The lowest BCUT2D eigenvalue weighted by Gasteiger charge is -2.14. The highest BCUT2D eigenvalue weighted by molar-refractivity contribution is 7.93. The molecule has 0 fully saturated rings. The van der Waals surface area contributed by atoms with Gasteiger partial charge in [-0.05, 0) is 53.6 Å². The number of rotatable bonds is 4. The molecule has 3 rings (SSSR count). The quantitative estimate of drug-likeness (QED) is 0.686. The largest absolute Gasteiger partial charge is 0.378 e. The maximum Gasteiger partial charge on any atom is 0.248 e. The van der Waals surface area contributed by atoms with Crippen molar-refractivity contribution in [2.75, 3.05) is 19.0 Å². The Labute approximate surface area is 165 Å². The van der Waals surface area contributed by atoms with Crippen LogP contribution in [0, 0.1) is 11.3 Å². The zero-order valence-corrected chi connectivity index (χ0v) is 17.1. The molecule has 0 saturated carbocycles. The SMILES string of the molecule is CC(=C(C#N)S(N)(=O)=O)c1ccc(-c2ccc3cc(N(C)C)ccc3c2)n1C. The van der Waals surface area contributed by atoms with Gasteiger partial charge in [-0.3, -0.25) is 0 Å². The van der Waals surface area contributed by atoms with Crippen LogP contribution < -0.4 is 10.0 Å². The second-order valence-electron chi connectivity index (χ2n) is 6.91. The van der Waals surface area contributed by atoms with Crippen LogP contribution in [0.5, 0.6) is 0 Å². The molecule has 0 aliphatic heterocycles. The van der Waals surface area contributed by atoms with Gasteiger partial charge >= 0.3 is 0 Å². The molecule has 2 N–H and O–H groups in total. The van der Waals surface area contributed by atoms with Crippen molar-refractivity contribution < 1.29 is 8.42 Å². The highest BCUT2D eigenvalue weighted by atomic mass is 32.2. The third-order valence-electron chi connectivity index (χ3n) is 4.87. The minimum atomic E-state index is -4.07. The van der Waals surface area contributed by atoms with Gasteiger partial charge in [0.2, 0.25) is 10.0 Å². The van der Waals surface area contributed by atoms with Crippen LogP contribution in [0.4, 0.5) is 5.69 Å². The van der Waals surface area contributed by atoms with Gasteiger partial charge in [-0.15, -0.1) is 0 Å². The topological polar surface area (TPSA) is 92.1 Å². The zero-order chi connectivity index (χ0) is 20.6. The van der Waals surface area contributed by atoms with Crippen molar-refractivity contribution in [2.45, 2.75) is 6.92 Å². The number of aromatic nitrogens is 1. The van der Waals surface area contributed by atoms with Crippen LogP contribution in [0.3, 0.4) is 0 Å². The maximum absolute atomic E-state index is 11.7. The molecule has 0 bridgehead atoms. The van der Waals surface area contributed by atoms with E-state index < -0.39 is 14.9 Å². The molecule has 0 aliphatic rings. The van der Waals surface area contributed by atoms with Crippen LogP contribution in [-0.2, 0) is 17.1 Å². The standard InChI is InChI=1S/C21H22N4O2S/c1-14(21(13-22)28(23,26)27)19-9-10-20(25(19)4)17-6-5-16-12-18(24(2)3)8-7-15(16)11-17/h5-12H,1-4H3,(H2,23,26,27). The van der Waals surface area contributed by atoms with Crippen molar-refractivity contribution in [3.8, 4) is 17.3 Å². The van der Waals surface area contributed by atoms with E-state index in [1.54, 1.807) is 19.1 Å². The summed E-state index contributed by atoms with van der Waals surface area (Å²) >= 11 is 0. The van der Waals surface area contributed by atoms with Crippen molar-refractivity contribution in [3.63, 3.8) is 0 Å². The van der Waals surface area contributed by atoms with Gasteiger partial charge in [-0.1, -0.05) is 18.2 Å². The molecule has 3 aromatic rings. The molecule has 0 saturated heterocycles. The molecule has 0 radical (unpaired) electrons. The fourth-order valence-corrected chi connectivity index (χ4v) is 3.98. The summed E-state index contributed by atoms with van der Waals surface area (Å²) in [5.74, 6) is 0. The van der Waals surface area contributed by atoms with Crippen molar-refractivity contribution in [3.05, 3.63) is 59.1 Å². The van der Waals surface area contributed by atoms with Gasteiger partial charge in [-0.2, -0.15) is 5.26 Å². The van der Waals surface area contributed by atoms with Gasteiger partial charge < -0.3 is 9.47 Å². The molecule has 1 heterocycles. The number of nitrogens with two attached hydrogens (primary N) is 1. The molecular weight excluding hydrogens is 372 g/mol. The second-order valence-corrected chi connectivity index (χ2v) is 8.41. The summed E-state index contributed by atoms with van der Waals surface area (Å²) in [7, 11) is 1.78. The predicted molar refractivity (Wildman–Crippen MR) is 114 cm³/mol. The van der Waals surface area contributed by atoms with E-state index in [0.29, 0.717) is 11.3 Å². The Bertz CT molecular complexity index is 1250. The highest BCUT2D eigenvalue weighted by Crippen LogP contribution is 2.30. The number of allylic oxidation sites excluding steroid dienone is 2. The van der Waals surface area contributed by atoms with Crippen LogP contribution >= 0.6 is 0 Å². The van der Waals surface area contributed by atoms with Gasteiger partial charge in [0.05, 0.1) is 0 Å². The number of fused-ring (bicyclic) bond motifs is 1. The first kappa shape index (κ1) is 19.7. The van der Waals surface area contributed by atoms with E-state index in [0.717, 1.165) is 27.7 Å². The molecule has 0 atom stereocenters. The number of hydrogen-bond donors (Lipinski definition) is 1. The van der Waals surface area contributed by atoms with Crippen molar-refractivity contribution in [2.24, 2.45) is 12.2 Å². The van der Waals surface area contributed by atoms with Crippen LogP contribution in [0.25, 0.3) is 27.6 Å². The Morgan fingerprint density at radius 2 is 1.71 bits per heavy atom. The first-order chi connectivity index (χ1) is 13.1. The minimum Gasteiger partial charge on any atom is -0.378 e. The molecule has 6 nitrogen and oxygen atoms in total. The van der Waals surface area contributed by atoms with E-state index >= 15 is 0 Å². The Hall–Kier alpha value is -3.08. The average Bonchev–Trinajstić information content (AvgIpc) is 3.01. The number of sulfonamides is 1. The molecule has 144 valence electrons. The van der Waals surface area contributed by atoms with Crippen LogP contribution in [0.2, 0.25) is 0 Å². The smallest absolute Gasteiger partial charge is 0.248 e. The van der Waals surface area contributed by atoms with E-state index in [4.69, 9.17) is 5.14 Å². The van der Waals surface area contributed by atoms with Gasteiger partial charge in [0.25, 0.3) is 0 Å². The lowest BCUT2D eigenvalue weighted by molar-refractivity contribution is 0.605. The number of anilines is 1. The summed E-state index contributed by atoms with van der Waals surface area (Å²) in [6.45, 7) is 1.59. The fourth-order valence-electron chi connectivity index (χ4n) is 3.33. The van der Waals surface area contributed by atoms with Gasteiger partial charge in [0.1, 0.15) is 6.07 Å². The van der Waals surface area contributed by atoms with Gasteiger partial charge in [0.15, 0.2) is 4.91 Å². The number of nitrogens with zero attached hydrogens (tertiary/aromatic N) is 3. The maximum atomic E-state index is 11.7. The Balaban J connectivity index is 2.11. The van der Waals surface area contributed by atoms with E-state index in [1.165, 1.54) is 0 Å². The summed E-state index contributed by atoms with van der Waals surface area (Å²) in [5, 5.41) is 16.6. The molecule has 28 heavy (non-hydrogen) atoms. The van der Waals surface area contributed by atoms with Crippen molar-refractivity contribution in [1.29, 1.82) is 5.26 Å². The summed E-state index contributed by atoms with van der Waals surface area (Å²) in [4.78, 5) is 1.64. The zero-order valence-electron chi connectivity index (χ0n) is 16.3. The predicted octanol–water partition coefficient (Wildman–Crippen LogP) is 3.45. The second kappa shape index (κ2) is 7.15. The third kappa shape index (κ3) is 3.52. The number of primary sulfonamides is 1. The van der Waals surface area contributed by atoms with E-state index in [-0.39, 0.29) is 0 Å². The Kier molecular flexibility index (Phi) is 5.02. The molecule has 7 heteroatoms. The molecule has 1 aromatic heterocycles. The summed E-state index contributed by atoms with van der Waals surface area (Å²) in [6.07, 6.45) is 0. The molecular formula is C21H22N4O2S. The van der Waals surface area contributed by atoms with E-state index in [1.807, 2.05) is 37.8 Å². The van der Waals surface area contributed by atoms with Crippen LogP contribution in [0.1, 0.15) is 12.6 Å². The van der Waals surface area contributed by atoms with Crippen LogP contribution in [0.15, 0.2) is 53.4 Å². The summed E-state index contributed by atoms with van der Waals surface area (Å²) < 4.78 is 25.2. The third-order valence-corrected chi connectivity index (χ3v) is 5.84. The summed E-state index contributed by atoms with van der Waals surface area (Å²) in [6, 6.07) is 17.9. The number of nitriles is 1. The Morgan fingerprint density at radius 3 is 2.32 bits per heavy atom. The molecule has 0 spiro atoms. The first-order valence-corrected chi connectivity index (χ1v) is 10.2. The van der Waals surface area contributed by atoms with Gasteiger partial charge in [-0.25, -0.2) is 13.6 Å². The van der Waals surface area contributed by atoms with Crippen molar-refractivity contribution in [1.82, 2.24) is 4.57 Å². The molecule has 0 aliphatic carbocycles. The highest BCUT2D eigenvalue weighted by Gasteiger charge is 2.19. The van der Waals surface area contributed by atoms with E-state index in [2.05, 4.69) is 35.2 Å². The van der Waals surface area contributed by atoms with Crippen LogP contribution in [-0.4, -0.2) is 27.1 Å². The number of hydrogen-bond acceptors (Lipinski definition) is 4. The lowest BCUT2D eigenvalue weighted by atomic mass is 10.0. The number of benzene rings is 2. The fraction of sp³-hybridized carbons (Fsp3) is 0.190. The average molecular weight is 395 g/mol. The monoisotopic (exact) mass is 394 g/mol. The minimum absolute atomic E-state index is 0.329. The normalized spacial score (nSPS) is 12.6. The summed E-state index contributed by atoms with van der Waals surface area (Å²) in [5.41, 5.74) is 4.01. The van der Waals surface area contributed by atoms with E-state index in [9.17, 15) is 13.7 Å².